The molecule has 0 spiro atoms. The molecule has 1 aromatic carbocycles. The smallest absolute Gasteiger partial charge is 0.124 e. The van der Waals surface area contributed by atoms with Crippen molar-refractivity contribution in [1.29, 1.82) is 5.26 Å². The fraction of sp³-hybridized carbons (Fsp3) is 0.462. The first-order chi connectivity index (χ1) is 8.21. The molecule has 0 saturated heterocycles. The first-order valence-electron chi connectivity index (χ1n) is 5.73. The van der Waals surface area contributed by atoms with Crippen LogP contribution >= 0.6 is 0 Å². The zero-order chi connectivity index (χ0) is 12.7. The fourth-order valence-electron chi connectivity index (χ4n) is 1.76. The van der Waals surface area contributed by atoms with Gasteiger partial charge in [0.05, 0.1) is 18.2 Å². The van der Waals surface area contributed by atoms with Crippen LogP contribution in [0.4, 0.5) is 4.39 Å². The van der Waals surface area contributed by atoms with Crippen LogP contribution < -0.4 is 0 Å². The van der Waals surface area contributed by atoms with E-state index in [1.807, 2.05) is 11.0 Å². The molecule has 0 amide bonds. The second kappa shape index (κ2) is 7.00. The van der Waals surface area contributed by atoms with Crippen molar-refractivity contribution < 1.29 is 9.50 Å². The monoisotopic (exact) mass is 236 g/mol. The zero-order valence-corrected chi connectivity index (χ0v) is 9.99. The van der Waals surface area contributed by atoms with Gasteiger partial charge in [0.15, 0.2) is 0 Å². The molecule has 0 atom stereocenters. The molecule has 1 aromatic rings. The van der Waals surface area contributed by atoms with E-state index in [2.05, 4.69) is 6.92 Å². The Labute approximate surface area is 101 Å². The van der Waals surface area contributed by atoms with E-state index in [0.29, 0.717) is 18.7 Å². The summed E-state index contributed by atoms with van der Waals surface area (Å²) in [6.07, 6.45) is 0.975. The summed E-state index contributed by atoms with van der Waals surface area (Å²) in [6, 6.07) is 6.24. The van der Waals surface area contributed by atoms with Gasteiger partial charge in [0.2, 0.25) is 0 Å². The third-order valence-electron chi connectivity index (χ3n) is 2.54. The van der Waals surface area contributed by atoms with Gasteiger partial charge in [-0.25, -0.2) is 4.39 Å². The molecule has 0 aliphatic heterocycles. The van der Waals surface area contributed by atoms with E-state index < -0.39 is 5.82 Å². The van der Waals surface area contributed by atoms with Crippen molar-refractivity contribution in [3.63, 3.8) is 0 Å². The molecule has 92 valence electrons. The third kappa shape index (κ3) is 4.14. The maximum Gasteiger partial charge on any atom is 0.124 e. The van der Waals surface area contributed by atoms with Gasteiger partial charge in [0.25, 0.3) is 0 Å². The Morgan fingerprint density at radius 1 is 1.41 bits per heavy atom. The Kier molecular flexibility index (Phi) is 5.61. The van der Waals surface area contributed by atoms with Gasteiger partial charge >= 0.3 is 0 Å². The molecule has 0 radical (unpaired) electrons. The van der Waals surface area contributed by atoms with E-state index in [4.69, 9.17) is 10.4 Å². The van der Waals surface area contributed by atoms with Crippen LogP contribution in [0.2, 0.25) is 0 Å². The molecule has 0 aliphatic rings. The predicted molar refractivity (Wildman–Crippen MR) is 63.8 cm³/mol. The highest BCUT2D eigenvalue weighted by molar-refractivity contribution is 5.37. The Morgan fingerprint density at radius 3 is 2.76 bits per heavy atom. The molecular weight excluding hydrogens is 219 g/mol. The standard InChI is InChI=1S/C13H17FN2O/c1-2-5-16(6-7-17)10-11-3-4-13(14)8-12(11)9-15/h3-4,8,17H,2,5-7,10H2,1H3. The number of halogens is 1. The maximum atomic E-state index is 13.0. The van der Waals surface area contributed by atoms with Crippen LogP contribution in [0.3, 0.4) is 0 Å². The Bertz CT molecular complexity index is 395. The molecule has 0 aromatic heterocycles. The molecule has 0 aliphatic carbocycles. The van der Waals surface area contributed by atoms with Gasteiger partial charge in [-0.1, -0.05) is 13.0 Å². The van der Waals surface area contributed by atoms with Crippen molar-refractivity contribution in [3.8, 4) is 6.07 Å². The summed E-state index contributed by atoms with van der Waals surface area (Å²) in [4.78, 5) is 2.05. The molecule has 0 saturated carbocycles. The SMILES string of the molecule is CCCN(CCO)Cc1ccc(F)cc1C#N. The number of nitriles is 1. The van der Waals surface area contributed by atoms with Gasteiger partial charge in [0, 0.05) is 13.1 Å². The van der Waals surface area contributed by atoms with E-state index in [1.165, 1.54) is 12.1 Å². The van der Waals surface area contributed by atoms with E-state index in [9.17, 15) is 4.39 Å². The summed E-state index contributed by atoms with van der Waals surface area (Å²) in [7, 11) is 0. The molecule has 0 unspecified atom stereocenters. The Hall–Kier alpha value is -1.44. The molecule has 0 bridgehead atoms. The summed E-state index contributed by atoms with van der Waals surface area (Å²) in [5.74, 6) is -0.394. The number of nitrogens with zero attached hydrogens (tertiary/aromatic N) is 2. The normalized spacial score (nSPS) is 10.5. The van der Waals surface area contributed by atoms with Crippen molar-refractivity contribution in [2.75, 3.05) is 19.7 Å². The molecule has 17 heavy (non-hydrogen) atoms. The quantitative estimate of drug-likeness (QED) is 0.820. The molecule has 0 fully saturated rings. The number of benzene rings is 1. The van der Waals surface area contributed by atoms with Crippen molar-refractivity contribution in [3.05, 3.63) is 35.1 Å². The van der Waals surface area contributed by atoms with Crippen molar-refractivity contribution >= 4 is 0 Å². The number of aliphatic hydroxyl groups is 1. The summed E-state index contributed by atoms with van der Waals surface area (Å²) < 4.78 is 13.0. The van der Waals surface area contributed by atoms with Crippen LogP contribution in [0.5, 0.6) is 0 Å². The number of hydrogen-bond acceptors (Lipinski definition) is 3. The van der Waals surface area contributed by atoms with Gasteiger partial charge in [-0.05, 0) is 30.7 Å². The molecule has 1 rings (SSSR count). The second-order valence-corrected chi connectivity index (χ2v) is 3.91. The van der Waals surface area contributed by atoms with Crippen molar-refractivity contribution in [2.45, 2.75) is 19.9 Å². The average molecular weight is 236 g/mol. The van der Waals surface area contributed by atoms with Crippen molar-refractivity contribution in [2.24, 2.45) is 0 Å². The first-order valence-corrected chi connectivity index (χ1v) is 5.73. The lowest BCUT2D eigenvalue weighted by atomic mass is 10.1. The number of rotatable bonds is 6. The van der Waals surface area contributed by atoms with Gasteiger partial charge in [-0.2, -0.15) is 5.26 Å². The first kappa shape index (κ1) is 13.6. The van der Waals surface area contributed by atoms with Crippen LogP contribution in [0, 0.1) is 17.1 Å². The Balaban J connectivity index is 2.81. The maximum absolute atomic E-state index is 13.0. The predicted octanol–water partition coefficient (Wildman–Crippen LogP) is 1.90. The summed E-state index contributed by atoms with van der Waals surface area (Å²) in [5.41, 5.74) is 1.17. The third-order valence-corrected chi connectivity index (χ3v) is 2.54. The van der Waals surface area contributed by atoms with Gasteiger partial charge < -0.3 is 5.11 Å². The van der Waals surface area contributed by atoms with E-state index >= 15 is 0 Å². The second-order valence-electron chi connectivity index (χ2n) is 3.91. The van der Waals surface area contributed by atoms with Gasteiger partial charge in [-0.15, -0.1) is 0 Å². The van der Waals surface area contributed by atoms with Gasteiger partial charge in [-0.3, -0.25) is 4.90 Å². The minimum atomic E-state index is -0.394. The van der Waals surface area contributed by atoms with E-state index in [-0.39, 0.29) is 6.61 Å². The molecule has 4 heteroatoms. The zero-order valence-electron chi connectivity index (χ0n) is 9.99. The van der Waals surface area contributed by atoms with Crippen LogP contribution in [0.1, 0.15) is 24.5 Å². The minimum Gasteiger partial charge on any atom is -0.395 e. The summed E-state index contributed by atoms with van der Waals surface area (Å²) >= 11 is 0. The highest BCUT2D eigenvalue weighted by Gasteiger charge is 2.09. The largest absolute Gasteiger partial charge is 0.395 e. The highest BCUT2D eigenvalue weighted by Crippen LogP contribution is 2.13. The van der Waals surface area contributed by atoms with E-state index in [1.54, 1.807) is 6.07 Å². The fourth-order valence-corrected chi connectivity index (χ4v) is 1.76. The Morgan fingerprint density at radius 2 is 2.18 bits per heavy atom. The lowest BCUT2D eigenvalue weighted by Gasteiger charge is -2.21. The summed E-state index contributed by atoms with van der Waals surface area (Å²) in [5, 5.41) is 17.9. The topological polar surface area (TPSA) is 47.3 Å². The molecule has 1 N–H and O–H groups in total. The van der Waals surface area contributed by atoms with Gasteiger partial charge in [0.1, 0.15) is 5.82 Å². The molecular formula is C13H17FN2O. The van der Waals surface area contributed by atoms with Crippen LogP contribution in [-0.2, 0) is 6.54 Å². The lowest BCUT2D eigenvalue weighted by molar-refractivity contribution is 0.190. The molecule has 3 nitrogen and oxygen atoms in total. The number of hydrogen-bond donors (Lipinski definition) is 1. The minimum absolute atomic E-state index is 0.0864. The van der Waals surface area contributed by atoms with Crippen molar-refractivity contribution in [1.82, 2.24) is 4.90 Å². The number of aliphatic hydroxyl groups excluding tert-OH is 1. The molecule has 0 heterocycles. The average Bonchev–Trinajstić information content (AvgIpc) is 2.32. The van der Waals surface area contributed by atoms with Crippen LogP contribution in [-0.4, -0.2) is 29.7 Å². The van der Waals surface area contributed by atoms with Crippen LogP contribution in [0.25, 0.3) is 0 Å². The van der Waals surface area contributed by atoms with E-state index in [0.717, 1.165) is 18.5 Å². The highest BCUT2D eigenvalue weighted by atomic mass is 19.1. The lowest BCUT2D eigenvalue weighted by Crippen LogP contribution is -2.27. The van der Waals surface area contributed by atoms with Crippen LogP contribution in [0.15, 0.2) is 18.2 Å². The summed E-state index contributed by atoms with van der Waals surface area (Å²) in [6.45, 7) is 4.12.